The van der Waals surface area contributed by atoms with Crippen LogP contribution < -0.4 is 16.1 Å². The van der Waals surface area contributed by atoms with E-state index in [0.29, 0.717) is 12.8 Å². The molecule has 2 aromatic carbocycles. The maximum atomic E-state index is 12.0. The molecule has 2 aromatic rings. The molecule has 0 bridgehead atoms. The highest BCUT2D eigenvalue weighted by molar-refractivity contribution is 7.99. The molecule has 0 radical (unpaired) electrons. The third-order valence-electron chi connectivity index (χ3n) is 4.35. The minimum absolute atomic E-state index is 0.127. The Kier molecular flexibility index (Phi) is 7.11. The van der Waals surface area contributed by atoms with Gasteiger partial charge >= 0.3 is 0 Å². The molecule has 28 heavy (non-hydrogen) atoms. The summed E-state index contributed by atoms with van der Waals surface area (Å²) < 4.78 is 0. The van der Waals surface area contributed by atoms with Gasteiger partial charge < -0.3 is 10.6 Å². The molecule has 2 amide bonds. The number of nitrogens with one attached hydrogen (secondary N) is 3. The number of hydrogen-bond acceptors (Lipinski definition) is 5. The Balaban J connectivity index is 1.55. The Morgan fingerprint density at radius 2 is 1.64 bits per heavy atom. The number of carbonyl (C=O) groups excluding carboxylic acids is 2. The van der Waals surface area contributed by atoms with Crippen molar-refractivity contribution >= 4 is 29.3 Å². The molecule has 6 nitrogen and oxygen atoms in total. The first-order valence-electron chi connectivity index (χ1n) is 9.15. The molecule has 0 aromatic heterocycles. The average molecular weight is 398 g/mol. The number of unbranched alkanes of at least 4 members (excludes halogenated alkanes) is 1. The zero-order valence-electron chi connectivity index (χ0n) is 15.4. The van der Waals surface area contributed by atoms with Crippen molar-refractivity contribution in [2.45, 2.75) is 24.8 Å². The van der Waals surface area contributed by atoms with Crippen LogP contribution in [0.4, 0.5) is 0 Å². The van der Waals surface area contributed by atoms with Gasteiger partial charge in [0.15, 0.2) is 0 Å². The lowest BCUT2D eigenvalue weighted by molar-refractivity contribution is -0.129. The minimum Gasteiger partial charge on any atom is -0.356 e. The molecule has 1 unspecified atom stereocenters. The van der Waals surface area contributed by atoms with E-state index in [1.54, 1.807) is 23.3 Å². The third kappa shape index (κ3) is 5.61. The van der Waals surface area contributed by atoms with Crippen LogP contribution in [0.1, 0.15) is 24.8 Å². The first-order chi connectivity index (χ1) is 13.7. The fraction of sp³-hybridized carbons (Fsp3) is 0.238. The van der Waals surface area contributed by atoms with E-state index in [1.807, 2.05) is 42.5 Å². The second kappa shape index (κ2) is 9.96. The van der Waals surface area contributed by atoms with Crippen LogP contribution >= 0.6 is 11.8 Å². The van der Waals surface area contributed by atoms with Crippen molar-refractivity contribution in [3.63, 3.8) is 0 Å². The van der Waals surface area contributed by atoms with Crippen LogP contribution in [-0.2, 0) is 9.59 Å². The van der Waals surface area contributed by atoms with E-state index in [0.717, 1.165) is 34.6 Å². The zero-order chi connectivity index (χ0) is 19.8. The molecule has 1 heterocycles. The Morgan fingerprint density at radius 3 is 2.36 bits per heavy atom. The smallest absolute Gasteiger partial charge is 0.248 e. The number of thioether (sulfide) groups is 1. The van der Waals surface area contributed by atoms with Gasteiger partial charge in [0.25, 0.3) is 0 Å². The van der Waals surface area contributed by atoms with E-state index in [1.165, 1.54) is 0 Å². The summed E-state index contributed by atoms with van der Waals surface area (Å²) in [4.78, 5) is 23.0. The summed E-state index contributed by atoms with van der Waals surface area (Å²) in [7, 11) is 0. The van der Waals surface area contributed by atoms with Crippen LogP contribution in [0.15, 0.2) is 60.7 Å². The molecular weight excluding hydrogens is 374 g/mol. The largest absolute Gasteiger partial charge is 0.356 e. The first kappa shape index (κ1) is 20.0. The standard InChI is InChI=1S/C21H23N3O3S/c25-19(24-27)8-4-5-13-28-21-22-18(14-20(26)23-21)17-11-9-16(10-12-17)15-6-2-1-3-7-15/h1-3,6-7,9-12,14,21-22,27H,4-5,8,13H2,(H,23,26)(H,24,25). The molecule has 0 spiro atoms. The van der Waals surface area contributed by atoms with E-state index in [9.17, 15) is 9.59 Å². The van der Waals surface area contributed by atoms with Crippen LogP contribution in [0.25, 0.3) is 16.8 Å². The van der Waals surface area contributed by atoms with Crippen molar-refractivity contribution in [3.05, 3.63) is 66.2 Å². The lowest BCUT2D eigenvalue weighted by Crippen LogP contribution is -2.45. The van der Waals surface area contributed by atoms with Crippen LogP contribution in [0.5, 0.6) is 0 Å². The van der Waals surface area contributed by atoms with Gasteiger partial charge in [0.2, 0.25) is 11.8 Å². The second-order valence-corrected chi connectivity index (χ2v) is 7.61. The molecule has 146 valence electrons. The van der Waals surface area contributed by atoms with Gasteiger partial charge in [-0.05, 0) is 35.3 Å². The van der Waals surface area contributed by atoms with Crippen molar-refractivity contribution in [1.29, 1.82) is 0 Å². The molecule has 0 aliphatic carbocycles. The Labute approximate surface area is 168 Å². The molecule has 0 fully saturated rings. The number of hydrogen-bond donors (Lipinski definition) is 4. The van der Waals surface area contributed by atoms with Gasteiger partial charge in [-0.25, -0.2) is 5.48 Å². The summed E-state index contributed by atoms with van der Waals surface area (Å²) in [6, 6.07) is 18.3. The Hall–Kier alpha value is -2.77. The number of carbonyl (C=O) groups is 2. The average Bonchev–Trinajstić information content (AvgIpc) is 2.73. The van der Waals surface area contributed by atoms with E-state index >= 15 is 0 Å². The lowest BCUT2D eigenvalue weighted by Gasteiger charge is -2.26. The normalized spacial score (nSPS) is 16.0. The number of amides is 2. The van der Waals surface area contributed by atoms with E-state index in [2.05, 4.69) is 22.8 Å². The molecule has 1 aliphatic rings. The predicted molar refractivity (Wildman–Crippen MR) is 111 cm³/mol. The zero-order valence-corrected chi connectivity index (χ0v) is 16.2. The van der Waals surface area contributed by atoms with E-state index in [4.69, 9.17) is 5.21 Å². The van der Waals surface area contributed by atoms with Crippen LogP contribution in [0.2, 0.25) is 0 Å². The molecule has 0 saturated carbocycles. The van der Waals surface area contributed by atoms with Crippen molar-refractivity contribution in [2.75, 3.05) is 5.75 Å². The highest BCUT2D eigenvalue weighted by Crippen LogP contribution is 2.24. The minimum atomic E-state index is -0.377. The van der Waals surface area contributed by atoms with Crippen molar-refractivity contribution in [1.82, 2.24) is 16.1 Å². The maximum Gasteiger partial charge on any atom is 0.248 e. The van der Waals surface area contributed by atoms with Gasteiger partial charge in [0.05, 0.1) is 0 Å². The lowest BCUT2D eigenvalue weighted by atomic mass is 10.0. The van der Waals surface area contributed by atoms with Gasteiger partial charge in [0.1, 0.15) is 5.50 Å². The summed E-state index contributed by atoms with van der Waals surface area (Å²) in [6.07, 6.45) is 3.36. The highest BCUT2D eigenvalue weighted by Gasteiger charge is 2.19. The molecule has 1 aliphatic heterocycles. The van der Waals surface area contributed by atoms with Gasteiger partial charge in [-0.15, -0.1) is 11.8 Å². The topological polar surface area (TPSA) is 90.5 Å². The van der Waals surface area contributed by atoms with Crippen molar-refractivity contribution in [3.8, 4) is 11.1 Å². The van der Waals surface area contributed by atoms with E-state index < -0.39 is 0 Å². The van der Waals surface area contributed by atoms with Crippen LogP contribution in [0, 0.1) is 0 Å². The van der Waals surface area contributed by atoms with Gasteiger partial charge in [-0.1, -0.05) is 54.6 Å². The Bertz CT molecular complexity index is 838. The first-order valence-corrected chi connectivity index (χ1v) is 10.2. The number of rotatable bonds is 8. The van der Waals surface area contributed by atoms with E-state index in [-0.39, 0.29) is 17.3 Å². The fourth-order valence-corrected chi connectivity index (χ4v) is 3.90. The highest BCUT2D eigenvalue weighted by atomic mass is 32.2. The van der Waals surface area contributed by atoms with Gasteiger partial charge in [-0.2, -0.15) is 0 Å². The summed E-state index contributed by atoms with van der Waals surface area (Å²) in [6.45, 7) is 0. The molecule has 1 atom stereocenters. The third-order valence-corrected chi connectivity index (χ3v) is 5.44. The number of benzene rings is 2. The molecule has 0 saturated heterocycles. The van der Waals surface area contributed by atoms with Crippen molar-refractivity contribution < 1.29 is 14.8 Å². The Morgan fingerprint density at radius 1 is 0.964 bits per heavy atom. The molecular formula is C21H23N3O3S. The maximum absolute atomic E-state index is 12.0. The van der Waals surface area contributed by atoms with Crippen molar-refractivity contribution in [2.24, 2.45) is 0 Å². The summed E-state index contributed by atoms with van der Waals surface area (Å²) in [5.74, 6) is 0.285. The summed E-state index contributed by atoms with van der Waals surface area (Å²) >= 11 is 1.58. The predicted octanol–water partition coefficient (Wildman–Crippen LogP) is 3.11. The van der Waals surface area contributed by atoms with Gasteiger partial charge in [-0.3, -0.25) is 14.8 Å². The second-order valence-electron chi connectivity index (χ2n) is 6.40. The molecule has 3 rings (SSSR count). The molecule has 7 heteroatoms. The van der Waals surface area contributed by atoms with Gasteiger partial charge in [0, 0.05) is 18.2 Å². The fourth-order valence-electron chi connectivity index (χ4n) is 2.89. The number of hydroxylamine groups is 1. The van der Waals surface area contributed by atoms with Crippen LogP contribution in [-0.4, -0.2) is 28.3 Å². The SMILES string of the molecule is O=C1C=C(c2ccc(-c3ccccc3)cc2)NC(SCCCCC(=O)NO)N1. The summed E-state index contributed by atoms with van der Waals surface area (Å²) in [5.41, 5.74) is 5.44. The summed E-state index contributed by atoms with van der Waals surface area (Å²) in [5, 5.41) is 14.7. The quantitative estimate of drug-likeness (QED) is 0.312. The van der Waals surface area contributed by atoms with Crippen LogP contribution in [0.3, 0.4) is 0 Å². The monoisotopic (exact) mass is 397 g/mol. The molecule has 4 N–H and O–H groups in total.